The molecule has 2 aromatic rings. The van der Waals surface area contributed by atoms with Crippen LogP contribution in [-0.4, -0.2) is 53.7 Å². The second kappa shape index (κ2) is 8.18. The Balaban J connectivity index is 1.60. The van der Waals surface area contributed by atoms with Crippen LogP contribution >= 0.6 is 11.5 Å². The molecule has 2 atom stereocenters. The van der Waals surface area contributed by atoms with Crippen LogP contribution in [0.5, 0.6) is 0 Å². The lowest BCUT2D eigenvalue weighted by Gasteiger charge is -2.47. The molecule has 2 fully saturated rings. The van der Waals surface area contributed by atoms with Crippen molar-refractivity contribution in [3.05, 3.63) is 46.7 Å². The lowest BCUT2D eigenvalue weighted by atomic mass is 9.82. The number of aromatic nitrogens is 1. The molecule has 3 heterocycles. The van der Waals surface area contributed by atoms with Crippen molar-refractivity contribution in [3.8, 4) is 0 Å². The van der Waals surface area contributed by atoms with Crippen molar-refractivity contribution in [1.29, 1.82) is 0 Å². The fourth-order valence-corrected chi connectivity index (χ4v) is 7.44. The Morgan fingerprint density at radius 1 is 1.37 bits per heavy atom. The second-order valence-corrected chi connectivity index (χ2v) is 11.1. The minimum atomic E-state index is -3.68. The molecule has 164 valence electrons. The molecule has 2 aliphatic rings. The van der Waals surface area contributed by atoms with E-state index in [2.05, 4.69) is 28.5 Å². The molecule has 0 N–H and O–H groups in total. The highest BCUT2D eigenvalue weighted by Crippen LogP contribution is 2.44. The van der Waals surface area contributed by atoms with Gasteiger partial charge in [-0.3, -0.25) is 9.21 Å². The number of likely N-dealkylation sites (N-methyl/N-ethyl adjacent to an activating group) is 1. The molecule has 1 spiro atoms. The van der Waals surface area contributed by atoms with Crippen LogP contribution in [0.2, 0.25) is 0 Å². The molecular formula is C21H29FN4O2S2. The quantitative estimate of drug-likeness (QED) is 0.695. The summed E-state index contributed by atoms with van der Waals surface area (Å²) in [5.41, 5.74) is 2.31. The number of benzene rings is 1. The topological polar surface area (TPSA) is 56.8 Å². The van der Waals surface area contributed by atoms with Crippen molar-refractivity contribution in [2.45, 2.75) is 57.7 Å². The molecule has 30 heavy (non-hydrogen) atoms. The molecule has 1 aromatic carbocycles. The van der Waals surface area contributed by atoms with Gasteiger partial charge in [-0.15, -0.1) is 0 Å². The number of anilines is 1. The first-order valence-electron chi connectivity index (χ1n) is 10.5. The van der Waals surface area contributed by atoms with Gasteiger partial charge in [-0.2, -0.15) is 17.1 Å². The Kier molecular flexibility index (Phi) is 5.91. The summed E-state index contributed by atoms with van der Waals surface area (Å²) in [6.07, 6.45) is 3.47. The molecule has 0 unspecified atom stereocenters. The molecule has 6 nitrogen and oxygen atoms in total. The largest absolute Gasteiger partial charge is 0.304 e. The molecule has 2 saturated heterocycles. The first-order chi connectivity index (χ1) is 14.3. The van der Waals surface area contributed by atoms with E-state index in [0.29, 0.717) is 25.1 Å². The Bertz CT molecular complexity index is 1010. The third kappa shape index (κ3) is 3.77. The van der Waals surface area contributed by atoms with Crippen LogP contribution < -0.4 is 4.31 Å². The average molecular weight is 453 g/mol. The number of piperidine rings is 1. The van der Waals surface area contributed by atoms with Gasteiger partial charge in [0, 0.05) is 43.7 Å². The second-order valence-electron chi connectivity index (χ2n) is 8.54. The first kappa shape index (κ1) is 21.7. The maximum atomic E-state index is 13.9. The standard InChI is InChI=1S/C21H29FN4O2S2/c1-4-6-20-17(14-29-23-20)13-25-10-9-21(12-16(25)2)15-24(3)30(27,28)26(21)19-8-5-7-18(22)11-19/h5,7-8,11,14,16H,4,6,9-10,12-13,15H2,1-3H3/t16-,21+/m0/s1. The van der Waals surface area contributed by atoms with Crippen molar-refractivity contribution < 1.29 is 12.8 Å². The summed E-state index contributed by atoms with van der Waals surface area (Å²) >= 11 is 1.51. The molecule has 9 heteroatoms. The van der Waals surface area contributed by atoms with Crippen molar-refractivity contribution in [2.24, 2.45) is 0 Å². The van der Waals surface area contributed by atoms with Gasteiger partial charge >= 0.3 is 10.2 Å². The minimum Gasteiger partial charge on any atom is -0.296 e. The van der Waals surface area contributed by atoms with Gasteiger partial charge in [0.1, 0.15) is 5.82 Å². The van der Waals surface area contributed by atoms with Gasteiger partial charge in [-0.1, -0.05) is 19.4 Å². The molecule has 1 aromatic heterocycles. The van der Waals surface area contributed by atoms with Crippen LogP contribution in [-0.2, 0) is 23.2 Å². The summed E-state index contributed by atoms with van der Waals surface area (Å²) in [6.45, 7) is 6.37. The van der Waals surface area contributed by atoms with Crippen LogP contribution in [0, 0.1) is 5.82 Å². The minimum absolute atomic E-state index is 0.200. The van der Waals surface area contributed by atoms with Crippen LogP contribution in [0.4, 0.5) is 10.1 Å². The number of hydrogen-bond donors (Lipinski definition) is 0. The van der Waals surface area contributed by atoms with Gasteiger partial charge in [-0.05, 0) is 55.9 Å². The van der Waals surface area contributed by atoms with Crippen LogP contribution in [0.25, 0.3) is 0 Å². The van der Waals surface area contributed by atoms with Crippen LogP contribution in [0.15, 0.2) is 29.6 Å². The molecule has 0 aliphatic carbocycles. The number of rotatable bonds is 5. The zero-order valence-corrected chi connectivity index (χ0v) is 19.3. The van der Waals surface area contributed by atoms with E-state index in [1.807, 2.05) is 0 Å². The molecule has 0 radical (unpaired) electrons. The van der Waals surface area contributed by atoms with Crippen LogP contribution in [0.1, 0.15) is 44.4 Å². The smallest absolute Gasteiger partial charge is 0.296 e. The third-order valence-corrected chi connectivity index (χ3v) is 9.06. The lowest BCUT2D eigenvalue weighted by Crippen LogP contribution is -2.57. The SMILES string of the molecule is CCCc1nscc1CN1CC[C@@]2(C[C@@H]1C)CN(C)S(=O)(=O)N2c1cccc(F)c1. The Labute approximate surface area is 182 Å². The number of nitrogens with zero attached hydrogens (tertiary/aromatic N) is 4. The van der Waals surface area contributed by atoms with E-state index in [9.17, 15) is 12.8 Å². The number of aryl methyl sites for hydroxylation is 1. The van der Waals surface area contributed by atoms with E-state index in [1.54, 1.807) is 19.2 Å². The van der Waals surface area contributed by atoms with Gasteiger partial charge in [-0.25, -0.2) is 4.39 Å². The highest BCUT2D eigenvalue weighted by atomic mass is 32.2. The fourth-order valence-electron chi connectivity index (χ4n) is 4.94. The Morgan fingerprint density at radius 2 is 2.17 bits per heavy atom. The summed E-state index contributed by atoms with van der Waals surface area (Å²) in [4.78, 5) is 2.42. The van der Waals surface area contributed by atoms with Crippen LogP contribution in [0.3, 0.4) is 0 Å². The van der Waals surface area contributed by atoms with Crippen molar-refractivity contribution >= 4 is 27.4 Å². The van der Waals surface area contributed by atoms with Gasteiger partial charge < -0.3 is 0 Å². The van der Waals surface area contributed by atoms with Gasteiger partial charge in [0.2, 0.25) is 0 Å². The van der Waals surface area contributed by atoms with E-state index >= 15 is 0 Å². The lowest BCUT2D eigenvalue weighted by molar-refractivity contribution is 0.100. The van der Waals surface area contributed by atoms with Crippen molar-refractivity contribution in [1.82, 2.24) is 13.6 Å². The zero-order valence-electron chi connectivity index (χ0n) is 17.7. The molecule has 2 aliphatic heterocycles. The summed E-state index contributed by atoms with van der Waals surface area (Å²) in [5.74, 6) is -0.425. The molecule has 0 amide bonds. The molecule has 4 rings (SSSR count). The van der Waals surface area contributed by atoms with E-state index in [0.717, 1.165) is 25.9 Å². The number of halogens is 1. The maximum Gasteiger partial charge on any atom is 0.304 e. The molecule has 0 saturated carbocycles. The maximum absolute atomic E-state index is 13.9. The monoisotopic (exact) mass is 452 g/mol. The average Bonchev–Trinajstić information content (AvgIpc) is 3.18. The van der Waals surface area contributed by atoms with E-state index in [-0.39, 0.29) is 6.04 Å². The highest BCUT2D eigenvalue weighted by Gasteiger charge is 2.55. The number of hydrogen-bond acceptors (Lipinski definition) is 5. The predicted octanol–water partition coefficient (Wildman–Crippen LogP) is 3.65. The highest BCUT2D eigenvalue weighted by molar-refractivity contribution is 7.90. The van der Waals surface area contributed by atoms with Crippen molar-refractivity contribution in [2.75, 3.05) is 24.4 Å². The number of likely N-dealkylation sites (tertiary alicyclic amines) is 1. The normalized spacial score (nSPS) is 27.2. The first-order valence-corrected chi connectivity index (χ1v) is 12.7. The molecular weight excluding hydrogens is 423 g/mol. The zero-order chi connectivity index (χ0) is 21.5. The van der Waals surface area contributed by atoms with E-state index in [1.165, 1.54) is 43.5 Å². The van der Waals surface area contributed by atoms with Gasteiger partial charge in [0.25, 0.3) is 0 Å². The molecule has 0 bridgehead atoms. The summed E-state index contributed by atoms with van der Waals surface area (Å²) < 4.78 is 47.6. The fraction of sp³-hybridized carbons (Fsp3) is 0.571. The van der Waals surface area contributed by atoms with Crippen molar-refractivity contribution in [3.63, 3.8) is 0 Å². The van der Waals surface area contributed by atoms with Gasteiger partial charge in [0.15, 0.2) is 0 Å². The van der Waals surface area contributed by atoms with E-state index in [4.69, 9.17) is 0 Å². The van der Waals surface area contributed by atoms with Gasteiger partial charge in [0.05, 0.1) is 16.9 Å². The summed E-state index contributed by atoms with van der Waals surface area (Å²) in [5, 5.41) is 2.13. The third-order valence-electron chi connectivity index (χ3n) is 6.37. The Hall–Kier alpha value is -1.55. The summed E-state index contributed by atoms with van der Waals surface area (Å²) in [7, 11) is -2.06. The van der Waals surface area contributed by atoms with E-state index < -0.39 is 21.6 Å². The summed E-state index contributed by atoms with van der Waals surface area (Å²) in [6, 6.07) is 6.13. The Morgan fingerprint density at radius 3 is 2.87 bits per heavy atom. The predicted molar refractivity (Wildman–Crippen MR) is 118 cm³/mol.